The van der Waals surface area contributed by atoms with E-state index in [2.05, 4.69) is 25.4 Å². The molecule has 0 radical (unpaired) electrons. The number of halogens is 2. The lowest BCUT2D eigenvalue weighted by molar-refractivity contribution is 0.386. The van der Waals surface area contributed by atoms with E-state index in [9.17, 15) is 12.8 Å². The topological polar surface area (TPSA) is 71.3 Å². The lowest BCUT2D eigenvalue weighted by atomic mass is 10.2. The molecular formula is C16H13BrFN3O3S. The minimum absolute atomic E-state index is 0.0996. The first kappa shape index (κ1) is 17.6. The van der Waals surface area contributed by atoms with Crippen molar-refractivity contribution < 1.29 is 17.5 Å². The molecule has 1 aliphatic heterocycles. The minimum Gasteiger partial charge on any atom is -0.494 e. The van der Waals surface area contributed by atoms with Gasteiger partial charge in [0.15, 0.2) is 17.4 Å². The molecule has 0 unspecified atom stereocenters. The summed E-state index contributed by atoms with van der Waals surface area (Å²) in [6.45, 7) is 0. The zero-order valence-electron chi connectivity index (χ0n) is 13.3. The number of hydrogen-bond acceptors (Lipinski definition) is 5. The summed E-state index contributed by atoms with van der Waals surface area (Å²) < 4.78 is 47.1. The van der Waals surface area contributed by atoms with Crippen LogP contribution in [-0.4, -0.2) is 39.6 Å². The van der Waals surface area contributed by atoms with Gasteiger partial charge in [0, 0.05) is 17.1 Å². The number of hydrogen-bond donors (Lipinski definition) is 0. The summed E-state index contributed by atoms with van der Waals surface area (Å²) >= 11 is 3.25. The van der Waals surface area contributed by atoms with Crippen LogP contribution >= 0.6 is 15.9 Å². The molecule has 0 fully saturated rings. The Balaban J connectivity index is 1.91. The van der Waals surface area contributed by atoms with Gasteiger partial charge in [-0.1, -0.05) is 22.0 Å². The number of methoxy groups -OCH3 is 1. The third-order valence-corrected chi connectivity index (χ3v) is 5.33. The summed E-state index contributed by atoms with van der Waals surface area (Å²) in [7, 11) is -0.789. The Hall–Kier alpha value is -2.26. The Morgan fingerprint density at radius 3 is 2.76 bits per heavy atom. The Morgan fingerprint density at radius 1 is 1.28 bits per heavy atom. The number of sulfonamides is 1. The van der Waals surface area contributed by atoms with Crippen molar-refractivity contribution in [1.82, 2.24) is 5.01 Å². The first-order valence-corrected chi connectivity index (χ1v) is 9.31. The number of amidine groups is 1. The normalized spacial score (nSPS) is 15.1. The number of hydrazone groups is 1. The van der Waals surface area contributed by atoms with Crippen molar-refractivity contribution >= 4 is 38.0 Å². The van der Waals surface area contributed by atoms with E-state index in [4.69, 9.17) is 4.74 Å². The fourth-order valence-electron chi connectivity index (χ4n) is 2.30. The van der Waals surface area contributed by atoms with Crippen molar-refractivity contribution in [1.29, 1.82) is 0 Å². The van der Waals surface area contributed by atoms with Gasteiger partial charge >= 0.3 is 0 Å². The maximum atomic E-state index is 13.4. The fourth-order valence-corrected chi connectivity index (χ4v) is 4.07. The highest BCUT2D eigenvalue weighted by Gasteiger charge is 2.31. The van der Waals surface area contributed by atoms with Gasteiger partial charge in [-0.05, 0) is 35.9 Å². The van der Waals surface area contributed by atoms with Gasteiger partial charge in [-0.25, -0.2) is 9.40 Å². The third-order valence-electron chi connectivity index (χ3n) is 3.53. The van der Waals surface area contributed by atoms with E-state index in [1.807, 2.05) is 0 Å². The Labute approximate surface area is 152 Å². The quantitative estimate of drug-likeness (QED) is 0.559. The number of ether oxygens (including phenoxy) is 1. The average Bonchev–Trinajstić information content (AvgIpc) is 2.85. The van der Waals surface area contributed by atoms with Crippen LogP contribution in [0.4, 0.5) is 4.39 Å². The molecule has 0 bridgehead atoms. The fraction of sp³-hybridized carbons (Fsp3) is 0.125. The van der Waals surface area contributed by atoms with Crippen molar-refractivity contribution in [2.75, 3.05) is 14.2 Å². The SMILES string of the molecule is COc1cc(/C=N/N(C)C2=NS(=O)(=O)c3cc(Br)ccc32)ccc1F. The van der Waals surface area contributed by atoms with Crippen LogP contribution in [0, 0.1) is 5.82 Å². The Kier molecular flexibility index (Phi) is 4.61. The smallest absolute Gasteiger partial charge is 0.285 e. The van der Waals surface area contributed by atoms with Gasteiger partial charge < -0.3 is 4.74 Å². The van der Waals surface area contributed by atoms with Crippen molar-refractivity contribution in [2.24, 2.45) is 9.50 Å². The molecule has 0 N–H and O–H groups in total. The summed E-state index contributed by atoms with van der Waals surface area (Å²) in [4.78, 5) is 0.127. The molecule has 2 aromatic carbocycles. The van der Waals surface area contributed by atoms with Crippen LogP contribution < -0.4 is 4.74 Å². The molecule has 25 heavy (non-hydrogen) atoms. The van der Waals surface area contributed by atoms with Crippen LogP contribution in [0.15, 0.2) is 55.3 Å². The molecule has 2 aromatic rings. The van der Waals surface area contributed by atoms with Crippen molar-refractivity contribution in [2.45, 2.75) is 4.90 Å². The van der Waals surface area contributed by atoms with Crippen LogP contribution in [-0.2, 0) is 10.0 Å². The molecule has 0 saturated carbocycles. The van der Waals surface area contributed by atoms with E-state index in [0.29, 0.717) is 15.6 Å². The van der Waals surface area contributed by atoms with Gasteiger partial charge in [-0.3, -0.25) is 0 Å². The van der Waals surface area contributed by atoms with E-state index in [1.165, 1.54) is 42.6 Å². The summed E-state index contributed by atoms with van der Waals surface area (Å²) in [5.74, 6) is -0.158. The van der Waals surface area contributed by atoms with E-state index in [0.717, 1.165) is 0 Å². The van der Waals surface area contributed by atoms with Gasteiger partial charge in [0.2, 0.25) is 0 Å². The summed E-state index contributed by atoms with van der Waals surface area (Å²) in [5, 5.41) is 5.55. The predicted octanol–water partition coefficient (Wildman–Crippen LogP) is 3.01. The molecule has 6 nitrogen and oxygen atoms in total. The molecule has 1 aliphatic rings. The minimum atomic E-state index is -3.75. The Morgan fingerprint density at radius 2 is 2.04 bits per heavy atom. The molecule has 0 amide bonds. The number of benzene rings is 2. The predicted molar refractivity (Wildman–Crippen MR) is 96.2 cm³/mol. The molecule has 0 saturated heterocycles. The first-order chi connectivity index (χ1) is 11.8. The molecule has 0 aliphatic carbocycles. The largest absolute Gasteiger partial charge is 0.494 e. The highest BCUT2D eigenvalue weighted by atomic mass is 79.9. The highest BCUT2D eigenvalue weighted by molar-refractivity contribution is 9.10. The van der Waals surface area contributed by atoms with Crippen LogP contribution in [0.25, 0.3) is 0 Å². The van der Waals surface area contributed by atoms with Crippen LogP contribution in [0.1, 0.15) is 11.1 Å². The first-order valence-electron chi connectivity index (χ1n) is 7.08. The van der Waals surface area contributed by atoms with E-state index >= 15 is 0 Å². The van der Waals surface area contributed by atoms with Crippen molar-refractivity contribution in [3.05, 3.63) is 57.8 Å². The van der Waals surface area contributed by atoms with E-state index < -0.39 is 15.8 Å². The monoisotopic (exact) mass is 425 g/mol. The van der Waals surface area contributed by atoms with Crippen LogP contribution in [0.3, 0.4) is 0 Å². The van der Waals surface area contributed by atoms with Crippen molar-refractivity contribution in [3.63, 3.8) is 0 Å². The number of rotatable bonds is 3. The molecule has 1 heterocycles. The highest BCUT2D eigenvalue weighted by Crippen LogP contribution is 2.30. The second-order valence-corrected chi connectivity index (χ2v) is 7.68. The van der Waals surface area contributed by atoms with Crippen molar-refractivity contribution in [3.8, 4) is 5.75 Å². The molecule has 0 aromatic heterocycles. The van der Waals surface area contributed by atoms with Gasteiger partial charge in [0.05, 0.1) is 13.3 Å². The molecule has 9 heteroatoms. The van der Waals surface area contributed by atoms with Gasteiger partial charge in [0.25, 0.3) is 10.0 Å². The van der Waals surface area contributed by atoms with Gasteiger partial charge in [0.1, 0.15) is 4.90 Å². The van der Waals surface area contributed by atoms with E-state index in [1.54, 1.807) is 19.2 Å². The lowest BCUT2D eigenvalue weighted by Crippen LogP contribution is -2.21. The van der Waals surface area contributed by atoms with Crippen LogP contribution in [0.5, 0.6) is 5.75 Å². The molecule has 0 spiro atoms. The summed E-state index contributed by atoms with van der Waals surface area (Å²) in [6.07, 6.45) is 1.47. The molecule has 130 valence electrons. The summed E-state index contributed by atoms with van der Waals surface area (Å²) in [6, 6.07) is 9.19. The van der Waals surface area contributed by atoms with E-state index in [-0.39, 0.29) is 16.5 Å². The van der Waals surface area contributed by atoms with Crippen LogP contribution in [0.2, 0.25) is 0 Å². The maximum Gasteiger partial charge on any atom is 0.285 e. The number of fused-ring (bicyclic) bond motifs is 1. The maximum absolute atomic E-state index is 13.4. The Bertz CT molecular complexity index is 1010. The molecule has 0 atom stereocenters. The molecular weight excluding hydrogens is 413 g/mol. The van der Waals surface area contributed by atoms with Gasteiger partial charge in [-0.2, -0.15) is 13.5 Å². The second kappa shape index (κ2) is 6.57. The van der Waals surface area contributed by atoms with Gasteiger partial charge in [-0.15, -0.1) is 4.40 Å². The second-order valence-electron chi connectivity index (χ2n) is 5.19. The molecule has 3 rings (SSSR count). The number of nitrogens with zero attached hydrogens (tertiary/aromatic N) is 3. The zero-order chi connectivity index (χ0) is 18.2. The third kappa shape index (κ3) is 3.42. The summed E-state index contributed by atoms with van der Waals surface area (Å²) in [5.41, 5.74) is 1.07. The average molecular weight is 426 g/mol. The zero-order valence-corrected chi connectivity index (χ0v) is 15.7. The standard InChI is InChI=1S/C16H13BrFN3O3S/c1-21(19-9-10-3-6-13(18)14(7-10)24-2)16-12-5-4-11(17)8-15(12)25(22,23)20-16/h3-9H,1-2H3/b19-9+. The lowest BCUT2D eigenvalue weighted by Gasteiger charge is -2.12.